The van der Waals surface area contributed by atoms with Gasteiger partial charge in [-0.25, -0.2) is 0 Å². The standard InChI is InChI=1S/C16H27NO/c1-13(2)5-8-15(12-17,9-6-13)16(18)10-7-14(3,4)11-16/h18H,5-11H2,1-4H3. The van der Waals surface area contributed by atoms with Gasteiger partial charge in [-0.3, -0.25) is 0 Å². The highest BCUT2D eigenvalue weighted by atomic mass is 16.3. The second-order valence-electron chi connectivity index (χ2n) is 8.23. The minimum atomic E-state index is -0.748. The van der Waals surface area contributed by atoms with E-state index in [1.165, 1.54) is 0 Å². The molecule has 1 unspecified atom stereocenters. The van der Waals surface area contributed by atoms with Crippen molar-refractivity contribution in [2.24, 2.45) is 16.2 Å². The third kappa shape index (κ3) is 2.18. The summed E-state index contributed by atoms with van der Waals surface area (Å²) in [4.78, 5) is 0. The van der Waals surface area contributed by atoms with Crippen molar-refractivity contribution in [3.8, 4) is 6.07 Å². The molecule has 0 amide bonds. The van der Waals surface area contributed by atoms with E-state index in [4.69, 9.17) is 0 Å². The van der Waals surface area contributed by atoms with E-state index >= 15 is 0 Å². The van der Waals surface area contributed by atoms with E-state index in [1.54, 1.807) is 0 Å². The van der Waals surface area contributed by atoms with Crippen LogP contribution in [-0.2, 0) is 0 Å². The molecule has 2 heteroatoms. The van der Waals surface area contributed by atoms with Crippen LogP contribution in [0.1, 0.15) is 72.6 Å². The Hall–Kier alpha value is -0.550. The van der Waals surface area contributed by atoms with Crippen LogP contribution >= 0.6 is 0 Å². The minimum absolute atomic E-state index is 0.186. The summed E-state index contributed by atoms with van der Waals surface area (Å²) in [6.45, 7) is 8.97. The largest absolute Gasteiger partial charge is 0.388 e. The summed E-state index contributed by atoms with van der Waals surface area (Å²) >= 11 is 0. The first kappa shape index (κ1) is 13.9. The number of nitriles is 1. The monoisotopic (exact) mass is 249 g/mol. The van der Waals surface area contributed by atoms with E-state index in [0.29, 0.717) is 5.41 Å². The lowest BCUT2D eigenvalue weighted by Gasteiger charge is -2.47. The fourth-order valence-electron chi connectivity index (χ4n) is 3.96. The van der Waals surface area contributed by atoms with Crippen molar-refractivity contribution in [3.05, 3.63) is 0 Å². The lowest BCUT2D eigenvalue weighted by atomic mass is 9.58. The first-order chi connectivity index (χ1) is 8.14. The summed E-state index contributed by atoms with van der Waals surface area (Å²) in [6, 6.07) is 2.53. The van der Waals surface area contributed by atoms with Crippen LogP contribution in [0.15, 0.2) is 0 Å². The highest BCUT2D eigenvalue weighted by Gasteiger charge is 2.57. The molecule has 2 nitrogen and oxygen atoms in total. The van der Waals surface area contributed by atoms with Gasteiger partial charge < -0.3 is 5.11 Å². The Morgan fingerprint density at radius 1 is 0.833 bits per heavy atom. The van der Waals surface area contributed by atoms with Crippen LogP contribution < -0.4 is 0 Å². The molecule has 18 heavy (non-hydrogen) atoms. The van der Waals surface area contributed by atoms with E-state index in [2.05, 4.69) is 33.8 Å². The molecular weight excluding hydrogens is 222 g/mol. The van der Waals surface area contributed by atoms with E-state index in [1.807, 2.05) is 0 Å². The van der Waals surface area contributed by atoms with Crippen LogP contribution in [-0.4, -0.2) is 10.7 Å². The topological polar surface area (TPSA) is 44.0 Å². The number of hydrogen-bond donors (Lipinski definition) is 1. The van der Waals surface area contributed by atoms with E-state index in [-0.39, 0.29) is 5.41 Å². The van der Waals surface area contributed by atoms with Crippen molar-refractivity contribution in [2.45, 2.75) is 78.2 Å². The molecule has 0 bridgehead atoms. The zero-order valence-corrected chi connectivity index (χ0v) is 12.3. The summed E-state index contributed by atoms with van der Waals surface area (Å²) in [5, 5.41) is 20.7. The average Bonchev–Trinajstić information content (AvgIpc) is 2.55. The highest BCUT2D eigenvalue weighted by Crippen LogP contribution is 2.58. The molecule has 2 aliphatic rings. The van der Waals surface area contributed by atoms with Gasteiger partial charge in [0, 0.05) is 0 Å². The lowest BCUT2D eigenvalue weighted by molar-refractivity contribution is -0.0856. The zero-order chi connectivity index (χ0) is 13.7. The molecule has 1 atom stereocenters. The second-order valence-corrected chi connectivity index (χ2v) is 8.23. The van der Waals surface area contributed by atoms with Gasteiger partial charge in [0.15, 0.2) is 0 Å². The summed E-state index contributed by atoms with van der Waals surface area (Å²) in [5.74, 6) is 0. The van der Waals surface area contributed by atoms with Crippen molar-refractivity contribution in [1.82, 2.24) is 0 Å². The maximum atomic E-state index is 11.0. The van der Waals surface area contributed by atoms with Crippen molar-refractivity contribution in [2.75, 3.05) is 0 Å². The molecule has 0 radical (unpaired) electrons. The normalized spacial score (nSPS) is 37.1. The van der Waals surface area contributed by atoms with Gasteiger partial charge in [0.2, 0.25) is 0 Å². The SMILES string of the molecule is CC1(C)CCC(C#N)(C2(O)CCC(C)(C)C2)CC1. The Labute approximate surface area is 111 Å². The molecule has 2 fully saturated rings. The fraction of sp³-hybridized carbons (Fsp3) is 0.938. The molecule has 102 valence electrons. The molecule has 0 saturated heterocycles. The number of rotatable bonds is 1. The van der Waals surface area contributed by atoms with E-state index < -0.39 is 11.0 Å². The Morgan fingerprint density at radius 3 is 1.72 bits per heavy atom. The van der Waals surface area contributed by atoms with Crippen LogP contribution in [0.25, 0.3) is 0 Å². The second kappa shape index (κ2) is 3.97. The minimum Gasteiger partial charge on any atom is -0.388 e. The van der Waals surface area contributed by atoms with Crippen molar-refractivity contribution >= 4 is 0 Å². The summed E-state index contributed by atoms with van der Waals surface area (Å²) < 4.78 is 0. The average molecular weight is 249 g/mol. The van der Waals surface area contributed by atoms with Gasteiger partial charge in [-0.2, -0.15) is 5.26 Å². The molecule has 0 aliphatic heterocycles. The Morgan fingerprint density at radius 2 is 1.33 bits per heavy atom. The molecule has 0 aromatic carbocycles. The molecule has 2 saturated carbocycles. The maximum absolute atomic E-state index is 11.0. The van der Waals surface area contributed by atoms with Gasteiger partial charge in [-0.1, -0.05) is 27.7 Å². The predicted molar refractivity (Wildman–Crippen MR) is 72.9 cm³/mol. The maximum Gasteiger partial charge on any atom is 0.0860 e. The van der Waals surface area contributed by atoms with E-state index in [0.717, 1.165) is 44.9 Å². The molecule has 2 rings (SSSR count). The first-order valence-corrected chi connectivity index (χ1v) is 7.28. The first-order valence-electron chi connectivity index (χ1n) is 7.28. The Balaban J connectivity index is 2.23. The van der Waals surface area contributed by atoms with Gasteiger partial charge in [0.25, 0.3) is 0 Å². The summed E-state index contributed by atoms with van der Waals surface area (Å²) in [6.07, 6.45) is 6.47. The van der Waals surface area contributed by atoms with Gasteiger partial charge in [-0.05, 0) is 55.8 Å². The van der Waals surface area contributed by atoms with Crippen molar-refractivity contribution in [3.63, 3.8) is 0 Å². The van der Waals surface area contributed by atoms with Crippen LogP contribution in [0.2, 0.25) is 0 Å². The van der Waals surface area contributed by atoms with Gasteiger partial charge in [0.05, 0.1) is 17.1 Å². The smallest absolute Gasteiger partial charge is 0.0860 e. The molecule has 2 aliphatic carbocycles. The molecule has 1 N–H and O–H groups in total. The van der Waals surface area contributed by atoms with Crippen LogP contribution in [0.4, 0.5) is 0 Å². The van der Waals surface area contributed by atoms with Crippen LogP contribution in [0.5, 0.6) is 0 Å². The third-order valence-electron chi connectivity index (χ3n) is 5.55. The summed E-state index contributed by atoms with van der Waals surface area (Å²) in [7, 11) is 0. The van der Waals surface area contributed by atoms with Gasteiger partial charge in [0.1, 0.15) is 0 Å². The molecule has 0 aromatic heterocycles. The number of hydrogen-bond acceptors (Lipinski definition) is 2. The summed E-state index contributed by atoms with van der Waals surface area (Å²) in [5.41, 5.74) is -0.714. The van der Waals surface area contributed by atoms with Gasteiger partial charge in [-0.15, -0.1) is 0 Å². The van der Waals surface area contributed by atoms with E-state index in [9.17, 15) is 10.4 Å². The third-order valence-corrected chi connectivity index (χ3v) is 5.55. The predicted octanol–water partition coefficient (Wildman–Crippen LogP) is 4.04. The molecule has 0 heterocycles. The van der Waals surface area contributed by atoms with Crippen molar-refractivity contribution < 1.29 is 5.11 Å². The number of aliphatic hydroxyl groups is 1. The highest BCUT2D eigenvalue weighted by molar-refractivity contribution is 5.17. The van der Waals surface area contributed by atoms with Crippen LogP contribution in [0, 0.1) is 27.6 Å². The Kier molecular flexibility index (Phi) is 3.06. The lowest BCUT2D eigenvalue weighted by Crippen LogP contribution is -2.49. The molecule has 0 aromatic rings. The molecule has 0 spiro atoms. The zero-order valence-electron chi connectivity index (χ0n) is 12.3. The van der Waals surface area contributed by atoms with Crippen LogP contribution in [0.3, 0.4) is 0 Å². The van der Waals surface area contributed by atoms with Gasteiger partial charge >= 0.3 is 0 Å². The quantitative estimate of drug-likeness (QED) is 0.762. The molecular formula is C16H27NO. The van der Waals surface area contributed by atoms with Crippen molar-refractivity contribution in [1.29, 1.82) is 5.26 Å². The Bertz CT molecular complexity index is 367. The fourth-order valence-corrected chi connectivity index (χ4v) is 3.96. The number of nitrogens with zero attached hydrogens (tertiary/aromatic N) is 1.